The van der Waals surface area contributed by atoms with Crippen LogP contribution in [0.3, 0.4) is 0 Å². The van der Waals surface area contributed by atoms with Crippen molar-refractivity contribution in [1.29, 1.82) is 0 Å². The predicted molar refractivity (Wildman–Crippen MR) is 49.2 cm³/mol. The highest BCUT2D eigenvalue weighted by molar-refractivity contribution is 4.97. The van der Waals surface area contributed by atoms with Crippen LogP contribution in [-0.2, 0) is 11.8 Å². The van der Waals surface area contributed by atoms with Crippen molar-refractivity contribution in [3.05, 3.63) is 5.82 Å². The van der Waals surface area contributed by atoms with Crippen molar-refractivity contribution in [3.63, 3.8) is 0 Å². The van der Waals surface area contributed by atoms with Crippen LogP contribution in [0.4, 0.5) is 0 Å². The van der Waals surface area contributed by atoms with Gasteiger partial charge in [-0.2, -0.15) is 0 Å². The second kappa shape index (κ2) is 3.62. The topological polar surface area (TPSA) is 78.8 Å². The van der Waals surface area contributed by atoms with Crippen LogP contribution in [0, 0.1) is 5.92 Å². The summed E-state index contributed by atoms with van der Waals surface area (Å²) in [6.45, 7) is 2.92. The third-order valence-corrected chi connectivity index (χ3v) is 2.75. The summed E-state index contributed by atoms with van der Waals surface area (Å²) in [6.07, 6.45) is 1.10. The molecule has 1 aliphatic heterocycles. The predicted octanol–water partition coefficient (Wildman–Crippen LogP) is -0.365. The third kappa shape index (κ3) is 1.51. The molecular formula is C8H15N5O. The van der Waals surface area contributed by atoms with Crippen molar-refractivity contribution in [2.45, 2.75) is 25.5 Å². The Bertz CT molecular complexity index is 312. The van der Waals surface area contributed by atoms with E-state index in [-0.39, 0.29) is 12.1 Å². The molecule has 0 aromatic carbocycles. The first-order chi connectivity index (χ1) is 6.70. The van der Waals surface area contributed by atoms with Gasteiger partial charge in [-0.25, -0.2) is 4.68 Å². The van der Waals surface area contributed by atoms with Gasteiger partial charge >= 0.3 is 0 Å². The highest BCUT2D eigenvalue weighted by Crippen LogP contribution is 2.28. The number of ether oxygens (including phenoxy) is 1. The smallest absolute Gasteiger partial charge is 0.170 e. The van der Waals surface area contributed by atoms with Gasteiger partial charge in [0.15, 0.2) is 5.82 Å². The molecule has 0 radical (unpaired) electrons. The van der Waals surface area contributed by atoms with Gasteiger partial charge < -0.3 is 10.5 Å². The Labute approximate surface area is 82.4 Å². The maximum atomic E-state index is 6.05. The summed E-state index contributed by atoms with van der Waals surface area (Å²) in [5.74, 6) is 1.16. The van der Waals surface area contributed by atoms with E-state index in [9.17, 15) is 0 Å². The van der Waals surface area contributed by atoms with Gasteiger partial charge in [-0.3, -0.25) is 0 Å². The molecule has 1 aliphatic rings. The fourth-order valence-corrected chi connectivity index (χ4v) is 1.84. The highest BCUT2D eigenvalue weighted by atomic mass is 16.5. The average Bonchev–Trinajstić information content (AvgIpc) is 2.73. The van der Waals surface area contributed by atoms with Crippen LogP contribution in [-0.4, -0.2) is 32.9 Å². The van der Waals surface area contributed by atoms with E-state index in [1.807, 2.05) is 0 Å². The summed E-state index contributed by atoms with van der Waals surface area (Å²) in [5, 5.41) is 11.2. The maximum Gasteiger partial charge on any atom is 0.170 e. The standard InChI is InChI=1S/C8H15N5O/c1-5-3-4-14-7(5)6(9)8-10-11-12-13(8)2/h5-7H,3-4,9H2,1-2H3. The quantitative estimate of drug-likeness (QED) is 0.700. The minimum Gasteiger partial charge on any atom is -0.376 e. The van der Waals surface area contributed by atoms with Crippen LogP contribution in [0.2, 0.25) is 0 Å². The summed E-state index contributed by atoms with van der Waals surface area (Å²) in [6, 6.07) is -0.229. The van der Waals surface area contributed by atoms with Crippen molar-refractivity contribution >= 4 is 0 Å². The lowest BCUT2D eigenvalue weighted by atomic mass is 9.98. The lowest BCUT2D eigenvalue weighted by Gasteiger charge is -2.20. The number of rotatable bonds is 2. The maximum absolute atomic E-state index is 6.05. The minimum absolute atomic E-state index is 0.0414. The van der Waals surface area contributed by atoms with E-state index in [2.05, 4.69) is 22.4 Å². The Morgan fingerprint density at radius 3 is 2.93 bits per heavy atom. The molecule has 0 aliphatic carbocycles. The summed E-state index contributed by atoms with van der Waals surface area (Å²) in [7, 11) is 1.79. The first kappa shape index (κ1) is 9.54. The van der Waals surface area contributed by atoms with Crippen LogP contribution in [0.15, 0.2) is 0 Å². The Morgan fingerprint density at radius 2 is 2.43 bits per heavy atom. The summed E-state index contributed by atoms with van der Waals surface area (Å²) in [4.78, 5) is 0. The monoisotopic (exact) mass is 197 g/mol. The Hall–Kier alpha value is -1.01. The van der Waals surface area contributed by atoms with Gasteiger partial charge in [0.1, 0.15) is 0 Å². The first-order valence-corrected chi connectivity index (χ1v) is 4.79. The zero-order chi connectivity index (χ0) is 10.1. The van der Waals surface area contributed by atoms with Crippen LogP contribution in [0.5, 0.6) is 0 Å². The normalized spacial score (nSPS) is 29.4. The third-order valence-electron chi connectivity index (χ3n) is 2.75. The molecule has 3 atom stereocenters. The van der Waals surface area contributed by atoms with Crippen molar-refractivity contribution in [2.75, 3.05) is 6.61 Å². The van der Waals surface area contributed by atoms with Gasteiger partial charge in [0.05, 0.1) is 12.1 Å². The van der Waals surface area contributed by atoms with Crippen LogP contribution < -0.4 is 5.73 Å². The first-order valence-electron chi connectivity index (χ1n) is 4.79. The molecule has 78 valence electrons. The molecule has 6 heteroatoms. The lowest BCUT2D eigenvalue weighted by Crippen LogP contribution is -2.32. The zero-order valence-electron chi connectivity index (χ0n) is 8.42. The van der Waals surface area contributed by atoms with E-state index in [4.69, 9.17) is 10.5 Å². The van der Waals surface area contributed by atoms with E-state index in [1.54, 1.807) is 11.7 Å². The Balaban J connectivity index is 2.15. The Kier molecular flexibility index (Phi) is 2.47. The molecule has 2 rings (SSSR count). The van der Waals surface area contributed by atoms with Gasteiger partial charge in [-0.05, 0) is 22.8 Å². The van der Waals surface area contributed by atoms with E-state index in [0.29, 0.717) is 11.7 Å². The molecule has 0 bridgehead atoms. The van der Waals surface area contributed by atoms with Gasteiger partial charge in [0, 0.05) is 13.7 Å². The molecule has 1 aromatic heterocycles. The number of aryl methyl sites for hydroxylation is 1. The van der Waals surface area contributed by atoms with Crippen molar-refractivity contribution in [2.24, 2.45) is 18.7 Å². The number of hydrogen-bond acceptors (Lipinski definition) is 5. The summed E-state index contributed by atoms with van der Waals surface area (Å²) >= 11 is 0. The second-order valence-electron chi connectivity index (χ2n) is 3.79. The fourth-order valence-electron chi connectivity index (χ4n) is 1.84. The molecule has 14 heavy (non-hydrogen) atoms. The number of hydrogen-bond donors (Lipinski definition) is 1. The summed E-state index contributed by atoms with van der Waals surface area (Å²) in [5.41, 5.74) is 6.05. The summed E-state index contributed by atoms with van der Waals surface area (Å²) < 4.78 is 7.17. The van der Waals surface area contributed by atoms with Gasteiger partial charge in [-0.1, -0.05) is 6.92 Å². The molecule has 6 nitrogen and oxygen atoms in total. The molecule has 3 unspecified atom stereocenters. The van der Waals surface area contributed by atoms with E-state index < -0.39 is 0 Å². The molecule has 0 spiro atoms. The number of aromatic nitrogens is 4. The average molecular weight is 197 g/mol. The van der Waals surface area contributed by atoms with Crippen LogP contribution in [0.25, 0.3) is 0 Å². The molecule has 0 saturated carbocycles. The van der Waals surface area contributed by atoms with Crippen molar-refractivity contribution in [3.8, 4) is 0 Å². The molecule has 1 aromatic rings. The molecule has 2 heterocycles. The SMILES string of the molecule is CC1CCOC1C(N)c1nnnn1C. The number of nitrogens with zero attached hydrogens (tertiary/aromatic N) is 4. The largest absolute Gasteiger partial charge is 0.376 e. The van der Waals surface area contributed by atoms with E-state index >= 15 is 0 Å². The highest BCUT2D eigenvalue weighted by Gasteiger charge is 2.33. The molecule has 0 amide bonds. The zero-order valence-corrected chi connectivity index (χ0v) is 8.42. The lowest BCUT2D eigenvalue weighted by molar-refractivity contribution is 0.0690. The molecular weight excluding hydrogens is 182 g/mol. The van der Waals surface area contributed by atoms with E-state index in [0.717, 1.165) is 13.0 Å². The van der Waals surface area contributed by atoms with Crippen molar-refractivity contribution in [1.82, 2.24) is 20.2 Å². The van der Waals surface area contributed by atoms with Gasteiger partial charge in [0.2, 0.25) is 0 Å². The van der Waals surface area contributed by atoms with Gasteiger partial charge in [-0.15, -0.1) is 5.10 Å². The van der Waals surface area contributed by atoms with Crippen LogP contribution >= 0.6 is 0 Å². The molecule has 1 saturated heterocycles. The number of tetrazole rings is 1. The fraction of sp³-hybridized carbons (Fsp3) is 0.875. The minimum atomic E-state index is -0.229. The number of nitrogens with two attached hydrogens (primary N) is 1. The Morgan fingerprint density at radius 1 is 1.64 bits per heavy atom. The van der Waals surface area contributed by atoms with Crippen molar-refractivity contribution < 1.29 is 4.74 Å². The molecule has 2 N–H and O–H groups in total. The molecule has 1 fully saturated rings. The van der Waals surface area contributed by atoms with Crippen LogP contribution in [0.1, 0.15) is 25.2 Å². The van der Waals surface area contributed by atoms with E-state index in [1.165, 1.54) is 0 Å². The van der Waals surface area contributed by atoms with Gasteiger partial charge in [0.25, 0.3) is 0 Å². The second-order valence-corrected chi connectivity index (χ2v) is 3.79.